The zero-order chi connectivity index (χ0) is 22.8. The lowest BCUT2D eigenvalue weighted by Crippen LogP contribution is -2.22. The highest BCUT2D eigenvalue weighted by Gasteiger charge is 2.24. The molecule has 4 heteroatoms. The number of nitrogens with one attached hydrogen (secondary N) is 1. The number of ether oxygens (including phenoxy) is 3. The predicted molar refractivity (Wildman–Crippen MR) is 132 cm³/mol. The Morgan fingerprint density at radius 3 is 2.38 bits per heavy atom. The Balaban J connectivity index is 1.60. The van der Waals surface area contributed by atoms with E-state index in [1.165, 1.54) is 43.2 Å². The molecule has 3 rings (SSSR count). The molecule has 1 saturated carbocycles. The molecule has 4 nitrogen and oxygen atoms in total. The molecule has 0 heterocycles. The Bertz CT molecular complexity index is 797. The van der Waals surface area contributed by atoms with Gasteiger partial charge in [0.05, 0.1) is 19.8 Å². The van der Waals surface area contributed by atoms with Crippen LogP contribution in [0.25, 0.3) is 0 Å². The summed E-state index contributed by atoms with van der Waals surface area (Å²) in [6, 6.07) is 15.1. The highest BCUT2D eigenvalue weighted by atomic mass is 16.5. The highest BCUT2D eigenvalue weighted by Crippen LogP contribution is 2.38. The summed E-state index contributed by atoms with van der Waals surface area (Å²) in [5.41, 5.74) is 2.68. The molecule has 0 bridgehead atoms. The molecule has 2 aromatic carbocycles. The molecular weight excluding hydrogens is 398 g/mol. The van der Waals surface area contributed by atoms with Crippen LogP contribution >= 0.6 is 0 Å². The molecule has 1 aliphatic rings. The monoisotopic (exact) mass is 439 g/mol. The van der Waals surface area contributed by atoms with Crippen molar-refractivity contribution in [3.8, 4) is 17.2 Å². The highest BCUT2D eigenvalue weighted by molar-refractivity contribution is 5.43. The topological polar surface area (TPSA) is 39.7 Å². The van der Waals surface area contributed by atoms with Gasteiger partial charge in [-0.1, -0.05) is 37.5 Å². The standard InChI is InChI=1S/C28H41NO3/c1-5-31-28-19-22(11-16-27(28)30-4)20-29-18-17-26(23-9-7-6-8-10-23)24-12-14-25(15-13-24)32-21(2)3/h11-16,19,21,23,26,29H,5-10,17-18,20H2,1-4H3. The minimum Gasteiger partial charge on any atom is -0.493 e. The van der Waals surface area contributed by atoms with Gasteiger partial charge in [0.1, 0.15) is 5.75 Å². The van der Waals surface area contributed by atoms with Crippen LogP contribution in [-0.4, -0.2) is 26.4 Å². The van der Waals surface area contributed by atoms with Gasteiger partial charge in [-0.15, -0.1) is 0 Å². The maximum Gasteiger partial charge on any atom is 0.161 e. The number of rotatable bonds is 12. The van der Waals surface area contributed by atoms with Crippen LogP contribution in [0.15, 0.2) is 42.5 Å². The molecule has 2 aromatic rings. The summed E-state index contributed by atoms with van der Waals surface area (Å²) in [5.74, 6) is 3.96. The minimum absolute atomic E-state index is 0.209. The molecule has 1 atom stereocenters. The van der Waals surface area contributed by atoms with Crippen molar-refractivity contribution >= 4 is 0 Å². The summed E-state index contributed by atoms with van der Waals surface area (Å²) < 4.78 is 17.0. The zero-order valence-corrected chi connectivity index (χ0v) is 20.4. The van der Waals surface area contributed by atoms with Crippen molar-refractivity contribution in [2.24, 2.45) is 5.92 Å². The van der Waals surface area contributed by atoms with Gasteiger partial charge in [0, 0.05) is 6.54 Å². The maximum atomic E-state index is 5.85. The molecule has 176 valence electrons. The molecule has 1 unspecified atom stereocenters. The summed E-state index contributed by atoms with van der Waals surface area (Å²) in [7, 11) is 1.68. The van der Waals surface area contributed by atoms with Crippen molar-refractivity contribution in [1.82, 2.24) is 5.32 Å². The second-order valence-corrected chi connectivity index (χ2v) is 9.12. The molecule has 0 radical (unpaired) electrons. The van der Waals surface area contributed by atoms with Crippen LogP contribution < -0.4 is 19.5 Å². The summed E-state index contributed by atoms with van der Waals surface area (Å²) in [6.07, 6.45) is 8.20. The third-order valence-corrected chi connectivity index (χ3v) is 6.39. The molecule has 0 spiro atoms. The van der Waals surface area contributed by atoms with Gasteiger partial charge in [-0.2, -0.15) is 0 Å². The fourth-order valence-electron chi connectivity index (χ4n) is 4.87. The van der Waals surface area contributed by atoms with E-state index < -0.39 is 0 Å². The van der Waals surface area contributed by atoms with Gasteiger partial charge >= 0.3 is 0 Å². The van der Waals surface area contributed by atoms with Crippen LogP contribution in [-0.2, 0) is 6.54 Å². The molecular formula is C28H41NO3. The molecule has 0 aliphatic heterocycles. The second-order valence-electron chi connectivity index (χ2n) is 9.12. The van der Waals surface area contributed by atoms with Gasteiger partial charge in [-0.05, 0) is 93.8 Å². The lowest BCUT2D eigenvalue weighted by Gasteiger charge is -2.31. The first-order valence-electron chi connectivity index (χ1n) is 12.4. The van der Waals surface area contributed by atoms with E-state index in [-0.39, 0.29) is 6.10 Å². The van der Waals surface area contributed by atoms with E-state index >= 15 is 0 Å². The summed E-state index contributed by atoms with van der Waals surface area (Å²) >= 11 is 0. The fourth-order valence-corrected chi connectivity index (χ4v) is 4.87. The number of benzene rings is 2. The van der Waals surface area contributed by atoms with Gasteiger partial charge in [0.25, 0.3) is 0 Å². The van der Waals surface area contributed by atoms with E-state index in [0.29, 0.717) is 12.5 Å². The third-order valence-electron chi connectivity index (χ3n) is 6.39. The molecule has 32 heavy (non-hydrogen) atoms. The Labute approximate surface area is 194 Å². The van der Waals surface area contributed by atoms with E-state index in [1.807, 2.05) is 13.0 Å². The SMILES string of the molecule is CCOc1cc(CNCCC(c2ccc(OC(C)C)cc2)C2CCCCC2)ccc1OC. The Morgan fingerprint density at radius 1 is 0.969 bits per heavy atom. The quantitative estimate of drug-likeness (QED) is 0.372. The molecule has 0 amide bonds. The largest absolute Gasteiger partial charge is 0.493 e. The van der Waals surface area contributed by atoms with Gasteiger partial charge in [-0.25, -0.2) is 0 Å². The van der Waals surface area contributed by atoms with Crippen LogP contribution in [0.2, 0.25) is 0 Å². The van der Waals surface area contributed by atoms with Crippen LogP contribution in [0.5, 0.6) is 17.2 Å². The van der Waals surface area contributed by atoms with Crippen molar-refractivity contribution in [2.75, 3.05) is 20.3 Å². The minimum atomic E-state index is 0.209. The summed E-state index contributed by atoms with van der Waals surface area (Å²) in [4.78, 5) is 0. The van der Waals surface area contributed by atoms with Crippen molar-refractivity contribution in [2.45, 2.75) is 77.9 Å². The lowest BCUT2D eigenvalue weighted by molar-refractivity contribution is 0.242. The van der Waals surface area contributed by atoms with E-state index in [1.54, 1.807) is 7.11 Å². The van der Waals surface area contributed by atoms with Crippen LogP contribution in [0.3, 0.4) is 0 Å². The number of hydrogen-bond donors (Lipinski definition) is 1. The van der Waals surface area contributed by atoms with E-state index in [4.69, 9.17) is 14.2 Å². The first-order chi connectivity index (χ1) is 15.6. The average Bonchev–Trinajstić information content (AvgIpc) is 2.80. The molecule has 1 fully saturated rings. The van der Waals surface area contributed by atoms with Crippen LogP contribution in [0.4, 0.5) is 0 Å². The lowest BCUT2D eigenvalue weighted by atomic mass is 9.75. The molecule has 1 N–H and O–H groups in total. The van der Waals surface area contributed by atoms with Gasteiger partial charge in [-0.3, -0.25) is 0 Å². The summed E-state index contributed by atoms with van der Waals surface area (Å²) in [5, 5.41) is 3.66. The Kier molecular flexibility index (Phi) is 9.73. The summed E-state index contributed by atoms with van der Waals surface area (Å²) in [6.45, 7) is 8.62. The van der Waals surface area contributed by atoms with E-state index in [0.717, 1.165) is 42.7 Å². The smallest absolute Gasteiger partial charge is 0.161 e. The van der Waals surface area contributed by atoms with E-state index in [2.05, 4.69) is 55.6 Å². The first kappa shape index (κ1) is 24.4. The maximum absolute atomic E-state index is 5.85. The van der Waals surface area contributed by atoms with Gasteiger partial charge in [0.2, 0.25) is 0 Å². The van der Waals surface area contributed by atoms with Crippen molar-refractivity contribution < 1.29 is 14.2 Å². The van der Waals surface area contributed by atoms with Crippen LogP contribution in [0, 0.1) is 5.92 Å². The zero-order valence-electron chi connectivity index (χ0n) is 20.4. The van der Waals surface area contributed by atoms with E-state index in [9.17, 15) is 0 Å². The molecule has 0 saturated heterocycles. The van der Waals surface area contributed by atoms with Crippen molar-refractivity contribution in [3.63, 3.8) is 0 Å². The molecule has 1 aliphatic carbocycles. The van der Waals surface area contributed by atoms with Crippen molar-refractivity contribution in [1.29, 1.82) is 0 Å². The second kappa shape index (κ2) is 12.7. The third kappa shape index (κ3) is 7.16. The Morgan fingerprint density at radius 2 is 1.72 bits per heavy atom. The number of hydrogen-bond acceptors (Lipinski definition) is 4. The van der Waals surface area contributed by atoms with Gasteiger partial charge < -0.3 is 19.5 Å². The normalized spacial score (nSPS) is 15.5. The predicted octanol–water partition coefficient (Wildman–Crippen LogP) is 6.72. The fraction of sp³-hybridized carbons (Fsp3) is 0.571. The first-order valence-corrected chi connectivity index (χ1v) is 12.4. The number of methoxy groups -OCH3 is 1. The molecule has 0 aromatic heterocycles. The average molecular weight is 440 g/mol. The van der Waals surface area contributed by atoms with Crippen LogP contribution in [0.1, 0.15) is 76.3 Å². The van der Waals surface area contributed by atoms with Crippen molar-refractivity contribution in [3.05, 3.63) is 53.6 Å². The Hall–Kier alpha value is -2.20. The van der Waals surface area contributed by atoms with Gasteiger partial charge in [0.15, 0.2) is 11.5 Å².